The van der Waals surface area contributed by atoms with Crippen LogP contribution in [0, 0.1) is 0 Å². The summed E-state index contributed by atoms with van der Waals surface area (Å²) in [6.45, 7) is 7.38. The van der Waals surface area contributed by atoms with Crippen molar-refractivity contribution in [2.75, 3.05) is 33.7 Å². The van der Waals surface area contributed by atoms with Crippen molar-refractivity contribution in [2.24, 2.45) is 4.99 Å². The summed E-state index contributed by atoms with van der Waals surface area (Å²) in [7, 11) is 3.67. The van der Waals surface area contributed by atoms with Crippen molar-refractivity contribution in [2.45, 2.75) is 19.9 Å². The average Bonchev–Trinajstić information content (AvgIpc) is 2.92. The molecule has 0 bridgehead atoms. The highest BCUT2D eigenvalue weighted by Crippen LogP contribution is 2.22. The third kappa shape index (κ3) is 3.99. The Morgan fingerprint density at radius 3 is 2.61 bits per heavy atom. The van der Waals surface area contributed by atoms with Gasteiger partial charge < -0.3 is 10.6 Å². The predicted molar refractivity (Wildman–Crippen MR) is 80.4 cm³/mol. The molecule has 1 atom stereocenters. The van der Waals surface area contributed by atoms with Gasteiger partial charge in [0.05, 0.1) is 6.04 Å². The standard InChI is InChI=1S/C13H24N4S/c1-5-17(6-2)12(11-7-8-18-10-11)9-16-13(14-3)15-4/h7-8,10,12H,5-6,9H2,1-4H3,(H2,14,15,16)/t12-/m0/s1. The van der Waals surface area contributed by atoms with Crippen LogP contribution in [0.4, 0.5) is 0 Å². The van der Waals surface area contributed by atoms with E-state index >= 15 is 0 Å². The summed E-state index contributed by atoms with van der Waals surface area (Å²) in [5.41, 5.74) is 1.38. The Bertz CT molecular complexity index is 344. The molecule has 1 aromatic rings. The summed E-state index contributed by atoms with van der Waals surface area (Å²) in [5.74, 6) is 0.836. The number of nitrogens with zero attached hydrogens (tertiary/aromatic N) is 2. The molecule has 0 spiro atoms. The maximum atomic E-state index is 4.15. The van der Waals surface area contributed by atoms with Gasteiger partial charge in [-0.25, -0.2) is 0 Å². The number of likely N-dealkylation sites (N-methyl/N-ethyl adjacent to an activating group) is 1. The minimum atomic E-state index is 0.399. The molecular weight excluding hydrogens is 244 g/mol. The van der Waals surface area contributed by atoms with Crippen molar-refractivity contribution < 1.29 is 0 Å². The molecule has 0 aliphatic rings. The highest BCUT2D eigenvalue weighted by molar-refractivity contribution is 7.07. The average molecular weight is 268 g/mol. The minimum absolute atomic E-state index is 0.399. The van der Waals surface area contributed by atoms with Gasteiger partial charge in [0.1, 0.15) is 0 Å². The molecule has 0 radical (unpaired) electrons. The summed E-state index contributed by atoms with van der Waals surface area (Å²) in [4.78, 5) is 6.61. The number of rotatable bonds is 6. The topological polar surface area (TPSA) is 39.7 Å². The maximum Gasteiger partial charge on any atom is 0.190 e. The van der Waals surface area contributed by atoms with Crippen LogP contribution in [0.2, 0.25) is 0 Å². The van der Waals surface area contributed by atoms with Crippen molar-refractivity contribution in [1.82, 2.24) is 15.5 Å². The number of hydrogen-bond acceptors (Lipinski definition) is 3. The molecule has 0 saturated heterocycles. The van der Waals surface area contributed by atoms with Gasteiger partial charge in [0, 0.05) is 20.6 Å². The molecule has 0 aliphatic heterocycles. The van der Waals surface area contributed by atoms with E-state index in [1.807, 2.05) is 7.05 Å². The molecule has 0 saturated carbocycles. The molecule has 18 heavy (non-hydrogen) atoms. The zero-order chi connectivity index (χ0) is 13.4. The summed E-state index contributed by atoms with van der Waals surface area (Å²) >= 11 is 1.75. The molecule has 1 heterocycles. The molecule has 0 fully saturated rings. The lowest BCUT2D eigenvalue weighted by molar-refractivity contribution is 0.219. The lowest BCUT2D eigenvalue weighted by Gasteiger charge is -2.29. The SMILES string of the molecule is CCN(CC)[C@@H](CNC(=NC)NC)c1ccsc1. The molecule has 0 aliphatic carbocycles. The zero-order valence-electron chi connectivity index (χ0n) is 11.7. The van der Waals surface area contributed by atoms with E-state index in [0.29, 0.717) is 6.04 Å². The minimum Gasteiger partial charge on any atom is -0.359 e. The van der Waals surface area contributed by atoms with Crippen LogP contribution in [0.25, 0.3) is 0 Å². The van der Waals surface area contributed by atoms with Crippen molar-refractivity contribution in [3.8, 4) is 0 Å². The second-order valence-corrected chi connectivity index (χ2v) is 4.78. The molecule has 0 aromatic carbocycles. The summed E-state index contributed by atoms with van der Waals surface area (Å²) in [5, 5.41) is 10.8. The lowest BCUT2D eigenvalue weighted by atomic mass is 10.1. The highest BCUT2D eigenvalue weighted by atomic mass is 32.1. The Morgan fingerprint density at radius 2 is 2.17 bits per heavy atom. The van der Waals surface area contributed by atoms with Crippen LogP contribution in [0.15, 0.2) is 21.8 Å². The van der Waals surface area contributed by atoms with Crippen LogP contribution in [0.5, 0.6) is 0 Å². The Labute approximate surface area is 114 Å². The first-order valence-corrected chi connectivity index (χ1v) is 7.35. The third-order valence-corrected chi connectivity index (χ3v) is 3.81. The largest absolute Gasteiger partial charge is 0.359 e. The van der Waals surface area contributed by atoms with E-state index in [4.69, 9.17) is 0 Å². The first-order chi connectivity index (χ1) is 8.76. The van der Waals surface area contributed by atoms with Crippen molar-refractivity contribution in [3.05, 3.63) is 22.4 Å². The van der Waals surface area contributed by atoms with Gasteiger partial charge in [0.25, 0.3) is 0 Å². The van der Waals surface area contributed by atoms with E-state index in [2.05, 4.69) is 51.2 Å². The van der Waals surface area contributed by atoms with E-state index in [1.165, 1.54) is 5.56 Å². The second-order valence-electron chi connectivity index (χ2n) is 4.00. The molecule has 1 rings (SSSR count). The third-order valence-electron chi connectivity index (χ3n) is 3.10. The molecule has 4 nitrogen and oxygen atoms in total. The lowest BCUT2D eigenvalue weighted by Crippen LogP contribution is -2.41. The highest BCUT2D eigenvalue weighted by Gasteiger charge is 2.18. The second kappa shape index (κ2) is 8.11. The molecule has 0 unspecified atom stereocenters. The fourth-order valence-corrected chi connectivity index (χ4v) is 2.77. The summed E-state index contributed by atoms with van der Waals surface area (Å²) in [6.07, 6.45) is 0. The van der Waals surface area contributed by atoms with Crippen LogP contribution in [0.1, 0.15) is 25.5 Å². The van der Waals surface area contributed by atoms with E-state index in [-0.39, 0.29) is 0 Å². The Hall–Kier alpha value is -1.07. The summed E-state index contributed by atoms with van der Waals surface area (Å²) in [6, 6.07) is 2.61. The van der Waals surface area contributed by atoms with Gasteiger partial charge in [0.2, 0.25) is 0 Å². The van der Waals surface area contributed by atoms with E-state index in [9.17, 15) is 0 Å². The van der Waals surface area contributed by atoms with Gasteiger partial charge in [-0.15, -0.1) is 0 Å². The van der Waals surface area contributed by atoms with Crippen LogP contribution < -0.4 is 10.6 Å². The van der Waals surface area contributed by atoms with Crippen LogP contribution in [0.3, 0.4) is 0 Å². The van der Waals surface area contributed by atoms with Gasteiger partial charge in [0.15, 0.2) is 5.96 Å². The number of guanidine groups is 1. The summed E-state index contributed by atoms with van der Waals surface area (Å²) < 4.78 is 0. The number of aliphatic imine (C=N–C) groups is 1. The van der Waals surface area contributed by atoms with Gasteiger partial charge in [-0.3, -0.25) is 9.89 Å². The number of hydrogen-bond donors (Lipinski definition) is 2. The number of thiophene rings is 1. The van der Waals surface area contributed by atoms with E-state index in [1.54, 1.807) is 18.4 Å². The first kappa shape index (κ1) is 15.0. The molecule has 2 N–H and O–H groups in total. The molecule has 1 aromatic heterocycles. The Balaban J connectivity index is 2.72. The van der Waals surface area contributed by atoms with Gasteiger partial charge in [-0.2, -0.15) is 11.3 Å². The monoisotopic (exact) mass is 268 g/mol. The smallest absolute Gasteiger partial charge is 0.190 e. The fraction of sp³-hybridized carbons (Fsp3) is 0.615. The van der Waals surface area contributed by atoms with E-state index < -0.39 is 0 Å². The first-order valence-electron chi connectivity index (χ1n) is 6.41. The van der Waals surface area contributed by atoms with Crippen LogP contribution >= 0.6 is 11.3 Å². The van der Waals surface area contributed by atoms with Crippen molar-refractivity contribution in [1.29, 1.82) is 0 Å². The zero-order valence-corrected chi connectivity index (χ0v) is 12.5. The predicted octanol–water partition coefficient (Wildman–Crippen LogP) is 1.93. The molecular formula is C13H24N4S. The van der Waals surface area contributed by atoms with Crippen molar-refractivity contribution >= 4 is 17.3 Å². The Morgan fingerprint density at radius 1 is 1.44 bits per heavy atom. The van der Waals surface area contributed by atoms with Gasteiger partial charge >= 0.3 is 0 Å². The maximum absolute atomic E-state index is 4.15. The molecule has 5 heteroatoms. The Kier molecular flexibility index (Phi) is 6.75. The fourth-order valence-electron chi connectivity index (χ4n) is 2.06. The van der Waals surface area contributed by atoms with Crippen LogP contribution in [-0.2, 0) is 0 Å². The van der Waals surface area contributed by atoms with E-state index in [0.717, 1.165) is 25.6 Å². The molecule has 102 valence electrons. The normalized spacial score (nSPS) is 13.7. The van der Waals surface area contributed by atoms with Crippen LogP contribution in [-0.4, -0.2) is 44.6 Å². The number of nitrogens with one attached hydrogen (secondary N) is 2. The van der Waals surface area contributed by atoms with Gasteiger partial charge in [-0.05, 0) is 35.5 Å². The van der Waals surface area contributed by atoms with Gasteiger partial charge in [-0.1, -0.05) is 13.8 Å². The molecule has 0 amide bonds. The quantitative estimate of drug-likeness (QED) is 0.612. The van der Waals surface area contributed by atoms with Crippen molar-refractivity contribution in [3.63, 3.8) is 0 Å².